The van der Waals surface area contributed by atoms with E-state index in [9.17, 15) is 0 Å². The van der Waals surface area contributed by atoms with Crippen LogP contribution in [0.4, 0.5) is 5.69 Å². The third kappa shape index (κ3) is 1.78. The minimum Gasteiger partial charge on any atom is -0.384 e. The lowest BCUT2D eigenvalue weighted by molar-refractivity contribution is 1.11. The summed E-state index contributed by atoms with van der Waals surface area (Å²) >= 11 is 6.30. The number of benzene rings is 3. The molecule has 0 fully saturated rings. The van der Waals surface area contributed by atoms with Crippen molar-refractivity contribution in [1.29, 1.82) is 0 Å². The lowest BCUT2D eigenvalue weighted by Gasteiger charge is -2.10. The molecule has 1 N–H and O–H groups in total. The first kappa shape index (κ1) is 11.8. The zero-order valence-corrected chi connectivity index (χ0v) is 11.7. The summed E-state index contributed by atoms with van der Waals surface area (Å²) in [6.07, 6.45) is 1.12. The Morgan fingerprint density at radius 1 is 0.900 bits per heavy atom. The quantitative estimate of drug-likeness (QED) is 0.651. The van der Waals surface area contributed by atoms with Gasteiger partial charge in [-0.1, -0.05) is 54.1 Å². The Morgan fingerprint density at radius 2 is 1.75 bits per heavy atom. The van der Waals surface area contributed by atoms with Crippen LogP contribution in [0.5, 0.6) is 0 Å². The molecule has 2 heteroatoms. The number of hydrogen-bond donors (Lipinski definition) is 1. The van der Waals surface area contributed by atoms with E-state index in [1.165, 1.54) is 27.8 Å². The number of hydrogen-bond acceptors (Lipinski definition) is 1. The van der Waals surface area contributed by atoms with E-state index in [-0.39, 0.29) is 0 Å². The number of rotatable bonds is 1. The van der Waals surface area contributed by atoms with Gasteiger partial charge in [-0.25, -0.2) is 0 Å². The van der Waals surface area contributed by atoms with Crippen LogP contribution in [0, 0.1) is 0 Å². The van der Waals surface area contributed by atoms with Crippen LogP contribution in [-0.4, -0.2) is 6.54 Å². The number of fused-ring (bicyclic) bond motifs is 2. The van der Waals surface area contributed by atoms with Crippen molar-refractivity contribution in [3.8, 4) is 11.1 Å². The summed E-state index contributed by atoms with van der Waals surface area (Å²) < 4.78 is 0. The highest BCUT2D eigenvalue weighted by Gasteiger charge is 2.12. The van der Waals surface area contributed by atoms with E-state index in [0.29, 0.717) is 0 Å². The van der Waals surface area contributed by atoms with Gasteiger partial charge in [-0.2, -0.15) is 0 Å². The summed E-state index contributed by atoms with van der Waals surface area (Å²) in [5.41, 5.74) is 5.15. The molecule has 1 heterocycles. The Hall–Kier alpha value is -1.99. The van der Waals surface area contributed by atoms with E-state index in [4.69, 9.17) is 11.6 Å². The van der Waals surface area contributed by atoms with Crippen LogP contribution in [0.1, 0.15) is 5.56 Å². The minimum absolute atomic E-state index is 0.809. The highest BCUT2D eigenvalue weighted by atomic mass is 35.5. The fourth-order valence-electron chi connectivity index (χ4n) is 2.97. The number of halogens is 1. The monoisotopic (exact) mass is 279 g/mol. The van der Waals surface area contributed by atoms with Gasteiger partial charge in [0, 0.05) is 22.6 Å². The maximum Gasteiger partial charge on any atom is 0.0484 e. The van der Waals surface area contributed by atoms with E-state index in [1.807, 2.05) is 12.1 Å². The van der Waals surface area contributed by atoms with Gasteiger partial charge in [-0.05, 0) is 40.6 Å². The van der Waals surface area contributed by atoms with E-state index < -0.39 is 0 Å². The van der Waals surface area contributed by atoms with Crippen LogP contribution in [-0.2, 0) is 6.42 Å². The van der Waals surface area contributed by atoms with Gasteiger partial charge in [0.05, 0.1) is 0 Å². The lowest BCUT2D eigenvalue weighted by atomic mass is 9.97. The molecular formula is C18H14ClN. The predicted octanol–water partition coefficient (Wildman–Crippen LogP) is 5.13. The van der Waals surface area contributed by atoms with Gasteiger partial charge < -0.3 is 5.32 Å². The molecule has 3 aromatic carbocycles. The lowest BCUT2D eigenvalue weighted by Crippen LogP contribution is -1.91. The minimum atomic E-state index is 0.809. The summed E-state index contributed by atoms with van der Waals surface area (Å²) in [6.45, 7) is 1.04. The maximum atomic E-state index is 6.30. The molecule has 4 rings (SSSR count). The fraction of sp³-hybridized carbons (Fsp3) is 0.111. The van der Waals surface area contributed by atoms with Gasteiger partial charge in [-0.3, -0.25) is 0 Å². The molecule has 1 nitrogen and oxygen atoms in total. The Kier molecular flexibility index (Phi) is 2.68. The van der Waals surface area contributed by atoms with Crippen molar-refractivity contribution in [1.82, 2.24) is 0 Å². The average Bonchev–Trinajstić information content (AvgIpc) is 2.95. The van der Waals surface area contributed by atoms with Crippen LogP contribution in [0.2, 0.25) is 5.02 Å². The van der Waals surface area contributed by atoms with Crippen molar-refractivity contribution in [2.24, 2.45) is 0 Å². The molecule has 0 saturated carbocycles. The Morgan fingerprint density at radius 3 is 2.65 bits per heavy atom. The molecule has 1 aliphatic heterocycles. The molecule has 0 atom stereocenters. The molecule has 0 aliphatic carbocycles. The molecule has 0 unspecified atom stereocenters. The second-order valence-electron chi connectivity index (χ2n) is 5.19. The van der Waals surface area contributed by atoms with Gasteiger partial charge in [-0.15, -0.1) is 0 Å². The largest absolute Gasteiger partial charge is 0.384 e. The SMILES string of the molecule is Clc1ccc(-c2ccc3c(c2)NCC3)c2ccccc12. The summed E-state index contributed by atoms with van der Waals surface area (Å²) in [4.78, 5) is 0. The molecule has 0 aromatic heterocycles. The normalized spacial score (nSPS) is 13.2. The maximum absolute atomic E-state index is 6.30. The van der Waals surface area contributed by atoms with Crippen molar-refractivity contribution < 1.29 is 0 Å². The van der Waals surface area contributed by atoms with Crippen molar-refractivity contribution in [2.45, 2.75) is 6.42 Å². The van der Waals surface area contributed by atoms with E-state index in [1.54, 1.807) is 0 Å². The first-order valence-corrected chi connectivity index (χ1v) is 7.25. The standard InChI is InChI=1S/C18H14ClN/c19-17-8-7-14(15-3-1-2-4-16(15)17)13-6-5-12-9-10-20-18(12)11-13/h1-8,11,20H,9-10H2. The van der Waals surface area contributed by atoms with Crippen LogP contribution in [0.25, 0.3) is 21.9 Å². The summed E-state index contributed by atoms with van der Waals surface area (Å²) in [5.74, 6) is 0. The van der Waals surface area contributed by atoms with Crippen LogP contribution in [0.3, 0.4) is 0 Å². The smallest absolute Gasteiger partial charge is 0.0484 e. The molecule has 0 radical (unpaired) electrons. The third-order valence-corrected chi connectivity index (χ3v) is 4.33. The molecule has 98 valence electrons. The second-order valence-corrected chi connectivity index (χ2v) is 5.60. The summed E-state index contributed by atoms with van der Waals surface area (Å²) in [7, 11) is 0. The molecule has 3 aromatic rings. The van der Waals surface area contributed by atoms with Gasteiger partial charge in [0.25, 0.3) is 0 Å². The molecule has 0 saturated heterocycles. The fourth-order valence-corrected chi connectivity index (χ4v) is 3.20. The molecule has 1 aliphatic rings. The van der Waals surface area contributed by atoms with Crippen LogP contribution in [0.15, 0.2) is 54.6 Å². The average molecular weight is 280 g/mol. The highest BCUT2D eigenvalue weighted by molar-refractivity contribution is 6.36. The van der Waals surface area contributed by atoms with Gasteiger partial charge in [0.1, 0.15) is 0 Å². The van der Waals surface area contributed by atoms with E-state index in [0.717, 1.165) is 23.4 Å². The van der Waals surface area contributed by atoms with Crippen molar-refractivity contribution >= 4 is 28.1 Å². The molecule has 0 spiro atoms. The van der Waals surface area contributed by atoms with Crippen molar-refractivity contribution in [2.75, 3.05) is 11.9 Å². The molecular weight excluding hydrogens is 266 g/mol. The molecule has 20 heavy (non-hydrogen) atoms. The highest BCUT2D eigenvalue weighted by Crippen LogP contribution is 2.35. The topological polar surface area (TPSA) is 12.0 Å². The van der Waals surface area contributed by atoms with Crippen LogP contribution >= 0.6 is 11.6 Å². The zero-order chi connectivity index (χ0) is 13.5. The number of anilines is 1. The second kappa shape index (κ2) is 4.53. The first-order chi connectivity index (χ1) is 9.83. The van der Waals surface area contributed by atoms with Crippen molar-refractivity contribution in [3.05, 3.63) is 65.2 Å². The Balaban J connectivity index is 1.97. The van der Waals surface area contributed by atoms with Gasteiger partial charge >= 0.3 is 0 Å². The van der Waals surface area contributed by atoms with E-state index >= 15 is 0 Å². The van der Waals surface area contributed by atoms with E-state index in [2.05, 4.69) is 47.8 Å². The zero-order valence-electron chi connectivity index (χ0n) is 11.0. The first-order valence-electron chi connectivity index (χ1n) is 6.87. The van der Waals surface area contributed by atoms with Gasteiger partial charge in [0.2, 0.25) is 0 Å². The predicted molar refractivity (Wildman–Crippen MR) is 86.6 cm³/mol. The molecule has 0 amide bonds. The number of nitrogens with one attached hydrogen (secondary N) is 1. The van der Waals surface area contributed by atoms with Crippen LogP contribution < -0.4 is 5.32 Å². The van der Waals surface area contributed by atoms with Crippen molar-refractivity contribution in [3.63, 3.8) is 0 Å². The summed E-state index contributed by atoms with van der Waals surface area (Å²) in [6, 6.07) is 19.1. The van der Waals surface area contributed by atoms with Gasteiger partial charge in [0.15, 0.2) is 0 Å². The molecule has 0 bridgehead atoms. The summed E-state index contributed by atoms with van der Waals surface area (Å²) in [5, 5.41) is 6.57. The Bertz CT molecular complexity index is 808. The third-order valence-electron chi connectivity index (χ3n) is 4.00. The Labute approximate surface area is 123 Å².